The van der Waals surface area contributed by atoms with E-state index in [1.54, 1.807) is 0 Å². The molecule has 0 saturated heterocycles. The largest absolute Gasteiger partial charge is 0.135 e. The first-order chi connectivity index (χ1) is 18.8. The molecule has 0 unspecified atom stereocenters. The molecule has 0 amide bonds. The van der Waals surface area contributed by atoms with Crippen molar-refractivity contribution in [3.8, 4) is 22.3 Å². The van der Waals surface area contributed by atoms with E-state index in [1.165, 1.54) is 97.4 Å². The molecule has 39 heavy (non-hydrogen) atoms. The Morgan fingerprint density at radius 2 is 0.846 bits per heavy atom. The monoisotopic (exact) mass is 520 g/mol. The zero-order valence-electron chi connectivity index (χ0n) is 23.5. The van der Waals surface area contributed by atoms with Gasteiger partial charge < -0.3 is 0 Å². The molecule has 0 aliphatic carbocycles. The number of rotatable bonds is 2. The minimum atomic E-state index is 1.32. The molecular formula is C38H32S. The summed E-state index contributed by atoms with van der Waals surface area (Å²) in [6.07, 6.45) is 0. The molecule has 0 bridgehead atoms. The summed E-state index contributed by atoms with van der Waals surface area (Å²) in [5.41, 5.74) is 13.5. The minimum Gasteiger partial charge on any atom is -0.135 e. The van der Waals surface area contributed by atoms with Crippen molar-refractivity contribution >= 4 is 53.1 Å². The van der Waals surface area contributed by atoms with Gasteiger partial charge in [0, 0.05) is 20.2 Å². The number of hydrogen-bond donors (Lipinski definition) is 0. The van der Waals surface area contributed by atoms with Crippen LogP contribution < -0.4 is 0 Å². The van der Waals surface area contributed by atoms with Gasteiger partial charge in [-0.15, -0.1) is 11.3 Å². The normalized spacial score (nSPS) is 11.8. The van der Waals surface area contributed by atoms with E-state index >= 15 is 0 Å². The first-order valence-electron chi connectivity index (χ1n) is 13.8. The summed E-state index contributed by atoms with van der Waals surface area (Å²) in [5.74, 6) is 0. The highest BCUT2D eigenvalue weighted by molar-refractivity contribution is 7.24. The molecule has 1 heteroatoms. The molecule has 1 aromatic heterocycles. The molecule has 0 N–H and O–H groups in total. The number of benzene rings is 5. The number of fused-ring (bicyclic) bond motifs is 5. The van der Waals surface area contributed by atoms with Gasteiger partial charge in [-0.25, -0.2) is 0 Å². The van der Waals surface area contributed by atoms with Crippen molar-refractivity contribution in [1.82, 2.24) is 0 Å². The SMILES string of the molecule is Cc1cc(C)c(-c2c3ccccc3sc3cc4c(-c5c(C)cc(C)cc5C)c5ccccc5c4cc23)c(C)c1. The topological polar surface area (TPSA) is 0 Å². The molecule has 190 valence electrons. The Morgan fingerprint density at radius 3 is 1.44 bits per heavy atom. The molecule has 6 aromatic carbocycles. The maximum Gasteiger partial charge on any atom is 0.0361 e. The van der Waals surface area contributed by atoms with Crippen LogP contribution in [0, 0.1) is 41.5 Å². The zero-order valence-corrected chi connectivity index (χ0v) is 24.3. The fourth-order valence-electron chi connectivity index (χ4n) is 7.08. The maximum atomic E-state index is 2.49. The molecule has 0 saturated carbocycles. The fraction of sp³-hybridized carbons (Fsp3) is 0.158. The average Bonchev–Trinajstić information content (AvgIpc) is 3.19. The Bertz CT molecular complexity index is 2070. The van der Waals surface area contributed by atoms with E-state index in [-0.39, 0.29) is 0 Å². The van der Waals surface area contributed by atoms with Crippen LogP contribution in [-0.4, -0.2) is 0 Å². The minimum absolute atomic E-state index is 1.32. The lowest BCUT2D eigenvalue weighted by atomic mass is 9.89. The molecule has 0 aliphatic rings. The molecule has 0 fully saturated rings. The van der Waals surface area contributed by atoms with Crippen LogP contribution in [0.2, 0.25) is 0 Å². The number of hydrogen-bond acceptors (Lipinski definition) is 1. The molecule has 0 aliphatic heterocycles. The van der Waals surface area contributed by atoms with Gasteiger partial charge in [-0.1, -0.05) is 77.9 Å². The molecule has 1 heterocycles. The van der Waals surface area contributed by atoms with Gasteiger partial charge in [0.05, 0.1) is 0 Å². The van der Waals surface area contributed by atoms with Crippen LogP contribution in [0.4, 0.5) is 0 Å². The lowest BCUT2D eigenvalue weighted by molar-refractivity contribution is 1.33. The highest BCUT2D eigenvalue weighted by Gasteiger charge is 2.21. The fourth-order valence-corrected chi connectivity index (χ4v) is 8.19. The highest BCUT2D eigenvalue weighted by Crippen LogP contribution is 2.48. The third kappa shape index (κ3) is 3.64. The van der Waals surface area contributed by atoms with Gasteiger partial charge in [-0.2, -0.15) is 0 Å². The second kappa shape index (κ2) is 8.79. The van der Waals surface area contributed by atoms with Gasteiger partial charge in [0.1, 0.15) is 0 Å². The molecular weight excluding hydrogens is 488 g/mol. The molecule has 0 radical (unpaired) electrons. The standard InChI is InChI=1S/C38H32S/c1-21-15-23(3)35(24(4)16-21)37-28-12-8-7-11-27(28)30-19-32-34(20-31(30)37)39-33-14-10-9-13-29(33)38(32)36-25(5)17-22(2)18-26(36)6/h7-20H,1-6H3. The van der Waals surface area contributed by atoms with E-state index in [1.807, 2.05) is 11.3 Å². The summed E-state index contributed by atoms with van der Waals surface area (Å²) in [6, 6.07) is 32.2. The Morgan fingerprint density at radius 1 is 0.359 bits per heavy atom. The highest BCUT2D eigenvalue weighted by atomic mass is 32.1. The predicted octanol–water partition coefficient (Wildman–Crippen LogP) is 11.5. The second-order valence-corrected chi connectivity index (χ2v) is 12.4. The smallest absolute Gasteiger partial charge is 0.0361 e. The van der Waals surface area contributed by atoms with Crippen molar-refractivity contribution < 1.29 is 0 Å². The van der Waals surface area contributed by atoms with E-state index in [0.717, 1.165) is 0 Å². The molecule has 0 atom stereocenters. The lowest BCUT2D eigenvalue weighted by Crippen LogP contribution is -1.93. The third-order valence-electron chi connectivity index (χ3n) is 8.38. The van der Waals surface area contributed by atoms with E-state index in [0.29, 0.717) is 0 Å². The van der Waals surface area contributed by atoms with Gasteiger partial charge in [0.25, 0.3) is 0 Å². The first-order valence-corrected chi connectivity index (χ1v) is 14.6. The molecule has 7 rings (SSSR count). The molecule has 0 spiro atoms. The van der Waals surface area contributed by atoms with Crippen molar-refractivity contribution in [1.29, 1.82) is 0 Å². The van der Waals surface area contributed by atoms with Crippen LogP contribution in [0.1, 0.15) is 33.4 Å². The summed E-state index contributed by atoms with van der Waals surface area (Å²) in [4.78, 5) is 0. The van der Waals surface area contributed by atoms with Crippen LogP contribution in [0.25, 0.3) is 64.0 Å². The Hall–Kier alpha value is -3.94. The van der Waals surface area contributed by atoms with Crippen molar-refractivity contribution in [2.45, 2.75) is 41.5 Å². The maximum absolute atomic E-state index is 2.49. The van der Waals surface area contributed by atoms with E-state index in [4.69, 9.17) is 0 Å². The van der Waals surface area contributed by atoms with Crippen LogP contribution in [0.5, 0.6) is 0 Å². The van der Waals surface area contributed by atoms with Crippen LogP contribution in [-0.2, 0) is 0 Å². The first kappa shape index (κ1) is 24.1. The van der Waals surface area contributed by atoms with Gasteiger partial charge in [0.15, 0.2) is 0 Å². The quantitative estimate of drug-likeness (QED) is 0.199. The summed E-state index contributed by atoms with van der Waals surface area (Å²) in [7, 11) is 0. The van der Waals surface area contributed by atoms with E-state index in [9.17, 15) is 0 Å². The summed E-state index contributed by atoms with van der Waals surface area (Å²) >= 11 is 1.91. The lowest BCUT2D eigenvalue weighted by Gasteiger charge is -2.17. The second-order valence-electron chi connectivity index (χ2n) is 11.3. The summed E-state index contributed by atoms with van der Waals surface area (Å²) in [6.45, 7) is 13.5. The van der Waals surface area contributed by atoms with Crippen molar-refractivity contribution in [2.24, 2.45) is 0 Å². The average molecular weight is 521 g/mol. The van der Waals surface area contributed by atoms with Crippen LogP contribution in [0.3, 0.4) is 0 Å². The van der Waals surface area contributed by atoms with Crippen LogP contribution in [0.15, 0.2) is 84.9 Å². The molecule has 7 aromatic rings. The van der Waals surface area contributed by atoms with Crippen molar-refractivity contribution in [3.05, 3.63) is 118 Å². The zero-order chi connectivity index (χ0) is 27.0. The van der Waals surface area contributed by atoms with E-state index in [2.05, 4.69) is 126 Å². The number of aryl methyl sites for hydroxylation is 6. The molecule has 0 nitrogen and oxygen atoms in total. The summed E-state index contributed by atoms with van der Waals surface area (Å²) < 4.78 is 2.67. The van der Waals surface area contributed by atoms with E-state index < -0.39 is 0 Å². The van der Waals surface area contributed by atoms with Gasteiger partial charge in [-0.3, -0.25) is 0 Å². The van der Waals surface area contributed by atoms with Crippen molar-refractivity contribution in [3.63, 3.8) is 0 Å². The van der Waals surface area contributed by atoms with Crippen LogP contribution >= 0.6 is 11.3 Å². The van der Waals surface area contributed by atoms with Crippen molar-refractivity contribution in [2.75, 3.05) is 0 Å². The van der Waals surface area contributed by atoms with Gasteiger partial charge in [-0.05, 0) is 126 Å². The Kier molecular flexibility index (Phi) is 5.44. The Labute approximate surface area is 234 Å². The Balaban J connectivity index is 1.70. The van der Waals surface area contributed by atoms with Gasteiger partial charge >= 0.3 is 0 Å². The predicted molar refractivity (Wildman–Crippen MR) is 174 cm³/mol. The third-order valence-corrected chi connectivity index (χ3v) is 9.51. The summed E-state index contributed by atoms with van der Waals surface area (Å²) in [5, 5.41) is 8.07. The van der Waals surface area contributed by atoms with Gasteiger partial charge in [0.2, 0.25) is 0 Å².